The van der Waals surface area contributed by atoms with Crippen molar-refractivity contribution in [2.24, 2.45) is 0 Å². The van der Waals surface area contributed by atoms with Crippen LogP contribution in [-0.2, 0) is 9.53 Å². The van der Waals surface area contributed by atoms with Crippen molar-refractivity contribution >= 4 is 16.9 Å². The molecular weight excluding hydrogens is 361 g/mol. The number of amides is 1. The quantitative estimate of drug-likeness (QED) is 0.656. The number of hydrogen-bond donors (Lipinski definition) is 3. The van der Waals surface area contributed by atoms with E-state index in [1.807, 2.05) is 0 Å². The number of aliphatic hydroxyl groups excluding tert-OH is 2. The lowest BCUT2D eigenvalue weighted by Crippen LogP contribution is -2.64. The zero-order chi connectivity index (χ0) is 19.7. The fraction of sp³-hybridized carbons (Fsp3) is 0.444. The molecule has 0 radical (unpaired) electrons. The number of benzene rings is 1. The van der Waals surface area contributed by atoms with Gasteiger partial charge in [0.1, 0.15) is 29.6 Å². The van der Waals surface area contributed by atoms with Crippen molar-refractivity contribution in [2.45, 2.75) is 44.6 Å². The Hall–Kier alpha value is -2.49. The largest absolute Gasteiger partial charge is 0.462 e. The van der Waals surface area contributed by atoms with Crippen molar-refractivity contribution < 1.29 is 33.3 Å². The Morgan fingerprint density at radius 2 is 2.11 bits per heavy atom. The maximum atomic E-state index is 14.2. The number of carbonyl (C=O) groups excluding carboxylic acids is 1. The van der Waals surface area contributed by atoms with Crippen LogP contribution < -0.4 is 15.7 Å². The second kappa shape index (κ2) is 7.63. The summed E-state index contributed by atoms with van der Waals surface area (Å²) >= 11 is 0. The summed E-state index contributed by atoms with van der Waals surface area (Å²) in [4.78, 5) is 23.1. The highest BCUT2D eigenvalue weighted by molar-refractivity contribution is 5.78. The summed E-state index contributed by atoms with van der Waals surface area (Å²) in [7, 11) is 0. The predicted octanol–water partition coefficient (Wildman–Crippen LogP) is 0.401. The lowest BCUT2D eigenvalue weighted by atomic mass is 9.98. The van der Waals surface area contributed by atoms with Gasteiger partial charge in [0.05, 0.1) is 6.61 Å². The smallest absolute Gasteiger partial charge is 0.339 e. The van der Waals surface area contributed by atoms with Crippen molar-refractivity contribution in [1.29, 1.82) is 0 Å². The maximum absolute atomic E-state index is 14.2. The Bertz CT molecular complexity index is 899. The molecule has 146 valence electrons. The molecule has 0 saturated carbocycles. The number of fused-ring (bicyclic) bond motifs is 1. The Morgan fingerprint density at radius 1 is 1.37 bits per heavy atom. The molecule has 2 heterocycles. The average Bonchev–Trinajstić information content (AvgIpc) is 2.62. The lowest BCUT2D eigenvalue weighted by Gasteiger charge is -2.41. The first-order chi connectivity index (χ1) is 12.8. The molecule has 5 atom stereocenters. The van der Waals surface area contributed by atoms with Crippen LogP contribution in [0.25, 0.3) is 11.0 Å². The van der Waals surface area contributed by atoms with E-state index in [4.69, 9.17) is 13.9 Å². The normalized spacial score (nSPS) is 28.1. The van der Waals surface area contributed by atoms with Crippen LogP contribution in [0.1, 0.15) is 12.5 Å². The first-order valence-corrected chi connectivity index (χ1v) is 8.37. The summed E-state index contributed by atoms with van der Waals surface area (Å²) in [5.41, 5.74) is 0.249. The van der Waals surface area contributed by atoms with Gasteiger partial charge in [0, 0.05) is 23.9 Å². The van der Waals surface area contributed by atoms with Crippen LogP contribution in [-0.4, -0.2) is 53.4 Å². The van der Waals surface area contributed by atoms with E-state index in [0.717, 1.165) is 0 Å². The first-order valence-electron chi connectivity index (χ1n) is 8.37. The Morgan fingerprint density at radius 3 is 2.78 bits per heavy atom. The van der Waals surface area contributed by atoms with Gasteiger partial charge in [-0.05, 0) is 25.1 Å². The van der Waals surface area contributed by atoms with E-state index in [1.165, 1.54) is 13.0 Å². The van der Waals surface area contributed by atoms with Crippen LogP contribution >= 0.6 is 0 Å². The molecule has 0 spiro atoms. The molecule has 2 aromatic rings. The molecule has 1 aromatic heterocycles. The molecule has 0 bridgehead atoms. The van der Waals surface area contributed by atoms with Crippen molar-refractivity contribution in [3.63, 3.8) is 0 Å². The summed E-state index contributed by atoms with van der Waals surface area (Å²) in [5.74, 6) is -0.290. The van der Waals surface area contributed by atoms with Crippen LogP contribution in [0.15, 0.2) is 33.5 Å². The lowest BCUT2D eigenvalue weighted by molar-refractivity contribution is -0.229. The molecule has 0 unspecified atom stereocenters. The standard InChI is InChI=1S/C18H20FNO7/c1-8-5-10-3-4-11(6-12(10)26-17(8)24)25-18-15(20-9(2)22)16(23)14(19)13(7-21)27-18/h3-6,13-16,18,21,23H,7H2,1-2H3,(H,20,22)/t13-,14-,15-,16+,18-/m1/s1. The maximum Gasteiger partial charge on any atom is 0.339 e. The fourth-order valence-corrected chi connectivity index (χ4v) is 2.95. The van der Waals surface area contributed by atoms with Gasteiger partial charge >= 0.3 is 5.63 Å². The summed E-state index contributed by atoms with van der Waals surface area (Å²) < 4.78 is 30.4. The van der Waals surface area contributed by atoms with Gasteiger partial charge in [0.15, 0.2) is 6.17 Å². The molecule has 27 heavy (non-hydrogen) atoms. The summed E-state index contributed by atoms with van der Waals surface area (Å²) in [5, 5.41) is 22.5. The van der Waals surface area contributed by atoms with Crippen molar-refractivity contribution in [3.05, 3.63) is 40.2 Å². The molecule has 1 aliphatic heterocycles. The van der Waals surface area contributed by atoms with E-state index in [2.05, 4.69) is 5.32 Å². The van der Waals surface area contributed by atoms with Crippen molar-refractivity contribution in [1.82, 2.24) is 5.32 Å². The second-order valence-electron chi connectivity index (χ2n) is 6.42. The number of rotatable bonds is 4. The van der Waals surface area contributed by atoms with Gasteiger partial charge in [-0.3, -0.25) is 4.79 Å². The average molecular weight is 381 g/mol. The first kappa shape index (κ1) is 19.3. The Kier molecular flexibility index (Phi) is 5.45. The van der Waals surface area contributed by atoms with Gasteiger partial charge in [-0.2, -0.15) is 0 Å². The number of halogens is 1. The molecule has 9 heteroatoms. The van der Waals surface area contributed by atoms with E-state index >= 15 is 0 Å². The number of aliphatic hydroxyl groups is 2. The van der Waals surface area contributed by atoms with Crippen LogP contribution in [0.5, 0.6) is 5.75 Å². The second-order valence-corrected chi connectivity index (χ2v) is 6.42. The number of aryl methyl sites for hydroxylation is 1. The fourth-order valence-electron chi connectivity index (χ4n) is 2.95. The molecule has 0 aliphatic carbocycles. The van der Waals surface area contributed by atoms with Gasteiger partial charge in [-0.1, -0.05) is 0 Å². The third kappa shape index (κ3) is 3.95. The summed E-state index contributed by atoms with van der Waals surface area (Å²) in [6.45, 7) is 2.17. The van der Waals surface area contributed by atoms with Crippen LogP contribution in [0.2, 0.25) is 0 Å². The van der Waals surface area contributed by atoms with Crippen LogP contribution in [0.4, 0.5) is 4.39 Å². The van der Waals surface area contributed by atoms with Gasteiger partial charge in [0.25, 0.3) is 0 Å². The number of carbonyl (C=O) groups is 1. The SMILES string of the molecule is CC(=O)N[C@H]1[C@H](Oc2ccc3cc(C)c(=O)oc3c2)O[C@H](CO)[C@@H](F)[C@@H]1O. The number of hydrogen-bond acceptors (Lipinski definition) is 7. The zero-order valence-corrected chi connectivity index (χ0v) is 14.7. The molecule has 1 aromatic carbocycles. The zero-order valence-electron chi connectivity index (χ0n) is 14.7. The minimum atomic E-state index is -1.90. The molecule has 8 nitrogen and oxygen atoms in total. The number of alkyl halides is 1. The number of nitrogens with one attached hydrogen (secondary N) is 1. The summed E-state index contributed by atoms with van der Waals surface area (Å²) in [6, 6.07) is 5.17. The molecule has 1 aliphatic rings. The van der Waals surface area contributed by atoms with Crippen LogP contribution in [0.3, 0.4) is 0 Å². The highest BCUT2D eigenvalue weighted by Crippen LogP contribution is 2.28. The van der Waals surface area contributed by atoms with Gasteiger partial charge in [-0.15, -0.1) is 0 Å². The molecule has 1 amide bonds. The van der Waals surface area contributed by atoms with Gasteiger partial charge < -0.3 is 29.4 Å². The van der Waals surface area contributed by atoms with E-state index < -0.39 is 48.9 Å². The predicted molar refractivity (Wildman–Crippen MR) is 92.1 cm³/mol. The van der Waals surface area contributed by atoms with Gasteiger partial charge in [-0.25, -0.2) is 9.18 Å². The number of ether oxygens (including phenoxy) is 2. The molecule has 3 rings (SSSR count). The molecule has 3 N–H and O–H groups in total. The monoisotopic (exact) mass is 381 g/mol. The molecular formula is C18H20FNO7. The Balaban J connectivity index is 1.90. The van der Waals surface area contributed by atoms with Gasteiger partial charge in [0.2, 0.25) is 12.2 Å². The van der Waals surface area contributed by atoms with Crippen molar-refractivity contribution in [2.75, 3.05) is 6.61 Å². The van der Waals surface area contributed by atoms with E-state index in [1.54, 1.807) is 25.1 Å². The highest BCUT2D eigenvalue weighted by atomic mass is 19.1. The van der Waals surface area contributed by atoms with Crippen LogP contribution in [0, 0.1) is 6.92 Å². The van der Waals surface area contributed by atoms with E-state index in [-0.39, 0.29) is 11.3 Å². The summed E-state index contributed by atoms with van der Waals surface area (Å²) in [6.07, 6.45) is -6.10. The molecule has 1 fully saturated rings. The third-order valence-electron chi connectivity index (χ3n) is 4.34. The molecule has 1 saturated heterocycles. The van der Waals surface area contributed by atoms with E-state index in [9.17, 15) is 24.2 Å². The Labute approximate surface area is 153 Å². The highest BCUT2D eigenvalue weighted by Gasteiger charge is 2.47. The van der Waals surface area contributed by atoms with Crippen molar-refractivity contribution in [3.8, 4) is 5.75 Å². The third-order valence-corrected chi connectivity index (χ3v) is 4.34. The van der Waals surface area contributed by atoms with E-state index in [0.29, 0.717) is 10.9 Å². The topological polar surface area (TPSA) is 118 Å². The minimum Gasteiger partial charge on any atom is -0.462 e. The minimum absolute atomic E-state index is 0.219.